The smallest absolute Gasteiger partial charge is 0.0783 e. The van der Waals surface area contributed by atoms with Crippen LogP contribution in [0, 0.1) is 5.92 Å². The maximum absolute atomic E-state index is 6.14. The molecule has 0 aromatic carbocycles. The Hall–Kier alpha value is -0.650. The fourth-order valence-corrected chi connectivity index (χ4v) is 4.80. The molecule has 2 aliphatic heterocycles. The van der Waals surface area contributed by atoms with Crippen LogP contribution in [-0.4, -0.2) is 40.2 Å². The first kappa shape index (κ1) is 14.3. The number of thioether (sulfide) groups is 1. The zero-order valence-corrected chi connectivity index (χ0v) is 12.9. The minimum atomic E-state index is 0.128. The summed E-state index contributed by atoms with van der Waals surface area (Å²) in [5.41, 5.74) is 1.20. The number of ether oxygens (including phenoxy) is 1. The molecule has 0 saturated carbocycles. The van der Waals surface area contributed by atoms with E-state index >= 15 is 0 Å². The topological polar surface area (TPSA) is 47.0 Å². The minimum absolute atomic E-state index is 0.128. The molecule has 1 aromatic heterocycles. The molecule has 4 nitrogen and oxygen atoms in total. The number of nitrogens with zero attached hydrogens (tertiary/aromatic N) is 2. The molecule has 3 unspecified atom stereocenters. The average Bonchev–Trinajstić information content (AvgIpc) is 2.93. The lowest BCUT2D eigenvalue weighted by atomic mass is 9.80. The van der Waals surface area contributed by atoms with Gasteiger partial charge in [0.05, 0.1) is 17.3 Å². The molecule has 3 rings (SSSR count). The third kappa shape index (κ3) is 3.00. The molecule has 2 fully saturated rings. The number of aromatic nitrogens is 2. The fraction of sp³-hybridized carbons (Fsp3) is 0.733. The molecule has 20 heavy (non-hydrogen) atoms. The van der Waals surface area contributed by atoms with Gasteiger partial charge in [0.1, 0.15) is 0 Å². The van der Waals surface area contributed by atoms with Crippen LogP contribution < -0.4 is 5.32 Å². The molecule has 3 heterocycles. The standard InChI is InChI=1S/C15H23N3OS/c1-2-17-14(13-10-16-5-6-18-13)12-3-7-19-15(9-12)4-8-20-11-15/h5-6,10,12,14,17H,2-4,7-9,11H2,1H3. The summed E-state index contributed by atoms with van der Waals surface area (Å²) >= 11 is 2.03. The molecule has 2 aliphatic rings. The maximum atomic E-state index is 6.14. The third-order valence-corrected chi connectivity index (χ3v) is 5.62. The van der Waals surface area contributed by atoms with Gasteiger partial charge in [-0.05, 0) is 37.5 Å². The van der Waals surface area contributed by atoms with Crippen LogP contribution in [0.15, 0.2) is 18.6 Å². The molecule has 0 amide bonds. The Morgan fingerprint density at radius 1 is 1.55 bits per heavy atom. The van der Waals surface area contributed by atoms with Crippen LogP contribution in [0.4, 0.5) is 0 Å². The highest BCUT2D eigenvalue weighted by Crippen LogP contribution is 2.43. The lowest BCUT2D eigenvalue weighted by molar-refractivity contribution is -0.0855. The summed E-state index contributed by atoms with van der Waals surface area (Å²) in [6, 6.07) is 0.306. The number of rotatable bonds is 4. The predicted octanol–water partition coefficient (Wildman–Crippen LogP) is 2.43. The molecule has 110 valence electrons. The first-order valence-corrected chi connectivity index (χ1v) is 8.69. The van der Waals surface area contributed by atoms with Gasteiger partial charge in [0, 0.05) is 31.0 Å². The van der Waals surface area contributed by atoms with Gasteiger partial charge in [0.15, 0.2) is 0 Å². The van der Waals surface area contributed by atoms with Crippen LogP contribution in [-0.2, 0) is 4.74 Å². The summed E-state index contributed by atoms with van der Waals surface area (Å²) in [5, 5.41) is 3.61. The van der Waals surface area contributed by atoms with E-state index in [4.69, 9.17) is 4.74 Å². The summed E-state index contributed by atoms with van der Waals surface area (Å²) < 4.78 is 6.14. The van der Waals surface area contributed by atoms with Crippen LogP contribution in [0.3, 0.4) is 0 Å². The van der Waals surface area contributed by atoms with E-state index in [1.807, 2.05) is 18.0 Å². The molecule has 0 radical (unpaired) electrons. The van der Waals surface area contributed by atoms with Crippen molar-refractivity contribution in [2.24, 2.45) is 5.92 Å². The predicted molar refractivity (Wildman–Crippen MR) is 81.8 cm³/mol. The van der Waals surface area contributed by atoms with E-state index in [2.05, 4.69) is 22.2 Å². The molecular formula is C15H23N3OS. The van der Waals surface area contributed by atoms with Crippen LogP contribution in [0.25, 0.3) is 0 Å². The van der Waals surface area contributed by atoms with E-state index < -0.39 is 0 Å². The Morgan fingerprint density at radius 3 is 3.20 bits per heavy atom. The molecule has 0 aliphatic carbocycles. The van der Waals surface area contributed by atoms with Crippen LogP contribution in [0.2, 0.25) is 0 Å². The first-order valence-electron chi connectivity index (χ1n) is 7.54. The van der Waals surface area contributed by atoms with E-state index in [1.54, 1.807) is 12.4 Å². The van der Waals surface area contributed by atoms with E-state index in [1.165, 1.54) is 12.2 Å². The average molecular weight is 293 g/mol. The second kappa shape index (κ2) is 6.41. The largest absolute Gasteiger partial charge is 0.374 e. The van der Waals surface area contributed by atoms with Gasteiger partial charge < -0.3 is 10.1 Å². The highest BCUT2D eigenvalue weighted by atomic mass is 32.2. The zero-order chi connectivity index (χ0) is 13.8. The van der Waals surface area contributed by atoms with Gasteiger partial charge in [-0.25, -0.2) is 0 Å². The maximum Gasteiger partial charge on any atom is 0.0783 e. The van der Waals surface area contributed by atoms with Gasteiger partial charge in [-0.3, -0.25) is 9.97 Å². The summed E-state index contributed by atoms with van der Waals surface area (Å²) in [6.07, 6.45) is 8.90. The highest BCUT2D eigenvalue weighted by molar-refractivity contribution is 7.99. The Kier molecular flexibility index (Phi) is 4.58. The lowest BCUT2D eigenvalue weighted by Crippen LogP contribution is -2.44. The second-order valence-electron chi connectivity index (χ2n) is 5.75. The van der Waals surface area contributed by atoms with Crippen LogP contribution in [0.1, 0.15) is 37.9 Å². The Morgan fingerprint density at radius 2 is 2.50 bits per heavy atom. The monoisotopic (exact) mass is 293 g/mol. The molecule has 3 atom stereocenters. The number of hydrogen-bond acceptors (Lipinski definition) is 5. The molecular weight excluding hydrogens is 270 g/mol. The fourth-order valence-electron chi connectivity index (χ4n) is 3.42. The van der Waals surface area contributed by atoms with Gasteiger partial charge >= 0.3 is 0 Å². The van der Waals surface area contributed by atoms with Crippen molar-refractivity contribution in [3.8, 4) is 0 Å². The van der Waals surface area contributed by atoms with Crippen molar-refractivity contribution in [2.45, 2.75) is 37.8 Å². The normalized spacial score (nSPS) is 31.6. The van der Waals surface area contributed by atoms with Crippen LogP contribution in [0.5, 0.6) is 0 Å². The summed E-state index contributed by atoms with van der Waals surface area (Å²) in [6.45, 7) is 4.00. The molecule has 1 spiro atoms. The number of hydrogen-bond donors (Lipinski definition) is 1. The van der Waals surface area contributed by atoms with Crippen molar-refractivity contribution in [1.82, 2.24) is 15.3 Å². The van der Waals surface area contributed by atoms with Crippen molar-refractivity contribution in [3.05, 3.63) is 24.3 Å². The molecule has 2 saturated heterocycles. The first-order chi connectivity index (χ1) is 9.83. The van der Waals surface area contributed by atoms with Crippen molar-refractivity contribution in [1.29, 1.82) is 0 Å². The van der Waals surface area contributed by atoms with Gasteiger partial charge in [-0.15, -0.1) is 0 Å². The lowest BCUT2D eigenvalue weighted by Gasteiger charge is -2.40. The summed E-state index contributed by atoms with van der Waals surface area (Å²) in [4.78, 5) is 8.75. The third-order valence-electron chi connectivity index (χ3n) is 4.40. The van der Waals surface area contributed by atoms with E-state index in [-0.39, 0.29) is 5.60 Å². The van der Waals surface area contributed by atoms with Gasteiger partial charge in [0.25, 0.3) is 0 Å². The Labute approximate surface area is 125 Å². The minimum Gasteiger partial charge on any atom is -0.374 e. The summed E-state index contributed by atoms with van der Waals surface area (Å²) in [7, 11) is 0. The van der Waals surface area contributed by atoms with E-state index in [9.17, 15) is 0 Å². The molecule has 5 heteroatoms. The van der Waals surface area contributed by atoms with Gasteiger partial charge in [0.2, 0.25) is 0 Å². The SMILES string of the molecule is CCNC(c1cnccn1)C1CCOC2(CCSC2)C1. The summed E-state index contributed by atoms with van der Waals surface area (Å²) in [5.74, 6) is 2.99. The molecule has 0 bridgehead atoms. The quantitative estimate of drug-likeness (QED) is 0.924. The van der Waals surface area contributed by atoms with Crippen LogP contribution >= 0.6 is 11.8 Å². The van der Waals surface area contributed by atoms with E-state index in [0.29, 0.717) is 12.0 Å². The van der Waals surface area contributed by atoms with Crippen molar-refractivity contribution in [3.63, 3.8) is 0 Å². The highest BCUT2D eigenvalue weighted by Gasteiger charge is 2.42. The second-order valence-corrected chi connectivity index (χ2v) is 6.86. The van der Waals surface area contributed by atoms with Crippen molar-refractivity contribution in [2.75, 3.05) is 24.7 Å². The van der Waals surface area contributed by atoms with Crippen molar-refractivity contribution >= 4 is 11.8 Å². The van der Waals surface area contributed by atoms with Gasteiger partial charge in [-0.2, -0.15) is 11.8 Å². The Bertz CT molecular complexity index is 422. The van der Waals surface area contributed by atoms with Crippen molar-refractivity contribution < 1.29 is 4.74 Å². The van der Waals surface area contributed by atoms with E-state index in [0.717, 1.165) is 37.4 Å². The molecule has 1 aromatic rings. The number of nitrogens with one attached hydrogen (secondary N) is 1. The Balaban J connectivity index is 1.77. The molecule has 1 N–H and O–H groups in total. The zero-order valence-electron chi connectivity index (χ0n) is 12.0. The van der Waals surface area contributed by atoms with Gasteiger partial charge in [-0.1, -0.05) is 6.92 Å².